The molecule has 0 radical (unpaired) electrons. The standard InChI is InChI=1S/C17H18FN3OS2/c1-21-16(15-5-3-10-23-15)19-20-17(21)24-11-2-4-14(22)12-6-8-13(18)9-7-12/h3,5-10,14,22H,2,4,11H2,1H3. The Bertz CT molecular complexity index is 772. The molecule has 0 saturated heterocycles. The number of aromatic nitrogens is 3. The number of nitrogens with zero attached hydrogens (tertiary/aromatic N) is 3. The largest absolute Gasteiger partial charge is 0.388 e. The molecule has 0 amide bonds. The molecule has 1 unspecified atom stereocenters. The van der Waals surface area contributed by atoms with Crippen molar-refractivity contribution in [1.29, 1.82) is 0 Å². The molecular formula is C17H18FN3OS2. The lowest BCUT2D eigenvalue weighted by molar-refractivity contribution is 0.167. The third-order valence-corrected chi connectivity index (χ3v) is 5.66. The molecule has 1 N–H and O–H groups in total. The van der Waals surface area contributed by atoms with Crippen molar-refractivity contribution in [3.63, 3.8) is 0 Å². The highest BCUT2D eigenvalue weighted by molar-refractivity contribution is 7.99. The van der Waals surface area contributed by atoms with Crippen molar-refractivity contribution in [2.24, 2.45) is 7.05 Å². The molecule has 2 aromatic heterocycles. The van der Waals surface area contributed by atoms with Crippen LogP contribution in [0.2, 0.25) is 0 Å². The van der Waals surface area contributed by atoms with Gasteiger partial charge in [0.25, 0.3) is 0 Å². The van der Waals surface area contributed by atoms with Gasteiger partial charge in [-0.3, -0.25) is 0 Å². The van der Waals surface area contributed by atoms with Crippen LogP contribution in [0.15, 0.2) is 46.9 Å². The minimum atomic E-state index is -0.563. The number of aliphatic hydroxyl groups is 1. The van der Waals surface area contributed by atoms with Gasteiger partial charge in [0, 0.05) is 12.8 Å². The molecule has 126 valence electrons. The summed E-state index contributed by atoms with van der Waals surface area (Å²) in [6, 6.07) is 10.0. The zero-order chi connectivity index (χ0) is 16.9. The maximum Gasteiger partial charge on any atom is 0.191 e. The van der Waals surface area contributed by atoms with Crippen LogP contribution in [0.5, 0.6) is 0 Å². The molecule has 0 aliphatic heterocycles. The monoisotopic (exact) mass is 363 g/mol. The first-order valence-electron chi connectivity index (χ1n) is 7.65. The highest BCUT2D eigenvalue weighted by Gasteiger charge is 2.12. The van der Waals surface area contributed by atoms with Crippen LogP contribution in [0, 0.1) is 5.82 Å². The van der Waals surface area contributed by atoms with Gasteiger partial charge in [-0.2, -0.15) is 0 Å². The van der Waals surface area contributed by atoms with E-state index in [-0.39, 0.29) is 5.82 Å². The SMILES string of the molecule is Cn1c(SCCCC(O)c2ccc(F)cc2)nnc1-c1cccs1. The zero-order valence-corrected chi connectivity index (χ0v) is 14.9. The molecule has 4 nitrogen and oxygen atoms in total. The fraction of sp³-hybridized carbons (Fsp3) is 0.294. The van der Waals surface area contributed by atoms with E-state index in [1.165, 1.54) is 12.1 Å². The number of hydrogen-bond acceptors (Lipinski definition) is 5. The average Bonchev–Trinajstić information content (AvgIpc) is 3.22. The number of thiophene rings is 1. The Morgan fingerprint density at radius 2 is 2.04 bits per heavy atom. The summed E-state index contributed by atoms with van der Waals surface area (Å²) in [5.41, 5.74) is 0.750. The average molecular weight is 363 g/mol. The van der Waals surface area contributed by atoms with E-state index < -0.39 is 6.10 Å². The smallest absolute Gasteiger partial charge is 0.191 e. The van der Waals surface area contributed by atoms with Gasteiger partial charge in [0.05, 0.1) is 11.0 Å². The van der Waals surface area contributed by atoms with Crippen LogP contribution in [0.1, 0.15) is 24.5 Å². The quantitative estimate of drug-likeness (QED) is 0.503. The number of thioether (sulfide) groups is 1. The van der Waals surface area contributed by atoms with E-state index in [0.717, 1.165) is 33.6 Å². The van der Waals surface area contributed by atoms with Gasteiger partial charge in [0.2, 0.25) is 0 Å². The predicted molar refractivity (Wildman–Crippen MR) is 95.6 cm³/mol. The van der Waals surface area contributed by atoms with E-state index in [9.17, 15) is 9.50 Å². The van der Waals surface area contributed by atoms with E-state index in [4.69, 9.17) is 0 Å². The van der Waals surface area contributed by atoms with E-state index in [1.54, 1.807) is 35.2 Å². The summed E-state index contributed by atoms with van der Waals surface area (Å²) >= 11 is 3.27. The van der Waals surface area contributed by atoms with Crippen molar-refractivity contribution < 1.29 is 9.50 Å². The van der Waals surface area contributed by atoms with Gasteiger partial charge in [-0.25, -0.2) is 4.39 Å². The maximum atomic E-state index is 12.9. The Hall–Kier alpha value is -1.70. The maximum absolute atomic E-state index is 12.9. The Morgan fingerprint density at radius 3 is 2.75 bits per heavy atom. The molecule has 1 aromatic carbocycles. The second kappa shape index (κ2) is 7.92. The van der Waals surface area contributed by atoms with Gasteiger partial charge < -0.3 is 9.67 Å². The van der Waals surface area contributed by atoms with Crippen LogP contribution in [0.25, 0.3) is 10.7 Å². The highest BCUT2D eigenvalue weighted by atomic mass is 32.2. The first kappa shape index (κ1) is 17.1. The summed E-state index contributed by atoms with van der Waals surface area (Å²) < 4.78 is 14.9. The van der Waals surface area contributed by atoms with Crippen molar-refractivity contribution in [2.75, 3.05) is 5.75 Å². The summed E-state index contributed by atoms with van der Waals surface area (Å²) in [4.78, 5) is 1.10. The van der Waals surface area contributed by atoms with Crippen molar-refractivity contribution in [3.05, 3.63) is 53.2 Å². The molecule has 1 atom stereocenters. The van der Waals surface area contributed by atoms with E-state index in [2.05, 4.69) is 10.2 Å². The Labute approximate surface area is 148 Å². The first-order chi connectivity index (χ1) is 11.6. The van der Waals surface area contributed by atoms with Crippen LogP contribution in [-0.2, 0) is 7.05 Å². The Kier molecular flexibility index (Phi) is 5.65. The number of aliphatic hydroxyl groups excluding tert-OH is 1. The fourth-order valence-corrected chi connectivity index (χ4v) is 3.97. The number of halogens is 1. The van der Waals surface area contributed by atoms with Crippen molar-refractivity contribution in [1.82, 2.24) is 14.8 Å². The van der Waals surface area contributed by atoms with Crippen LogP contribution >= 0.6 is 23.1 Å². The minimum absolute atomic E-state index is 0.287. The lowest BCUT2D eigenvalue weighted by Crippen LogP contribution is -1.99. The second-order valence-corrected chi connectivity index (χ2v) is 7.41. The third-order valence-electron chi connectivity index (χ3n) is 3.68. The van der Waals surface area contributed by atoms with Crippen molar-refractivity contribution >= 4 is 23.1 Å². The molecule has 0 fully saturated rings. The fourth-order valence-electron chi connectivity index (χ4n) is 2.35. The third kappa shape index (κ3) is 4.03. The van der Waals surface area contributed by atoms with E-state index in [0.29, 0.717) is 6.42 Å². The molecule has 0 saturated carbocycles. The van der Waals surface area contributed by atoms with Crippen molar-refractivity contribution in [3.8, 4) is 10.7 Å². The van der Waals surface area contributed by atoms with Crippen molar-refractivity contribution in [2.45, 2.75) is 24.1 Å². The summed E-state index contributed by atoms with van der Waals surface area (Å²) in [7, 11) is 1.96. The van der Waals surface area contributed by atoms with Gasteiger partial charge in [0.15, 0.2) is 11.0 Å². The normalized spacial score (nSPS) is 12.5. The molecule has 3 rings (SSSR count). The van der Waals surface area contributed by atoms with Crippen LogP contribution in [0.3, 0.4) is 0 Å². The first-order valence-corrected chi connectivity index (χ1v) is 9.51. The van der Waals surface area contributed by atoms with E-state index >= 15 is 0 Å². The van der Waals surface area contributed by atoms with Gasteiger partial charge in [-0.15, -0.1) is 21.5 Å². The summed E-state index contributed by atoms with van der Waals surface area (Å²) in [5.74, 6) is 1.43. The summed E-state index contributed by atoms with van der Waals surface area (Å²) in [6.45, 7) is 0. The van der Waals surface area contributed by atoms with Crippen LogP contribution < -0.4 is 0 Å². The highest BCUT2D eigenvalue weighted by Crippen LogP contribution is 2.27. The minimum Gasteiger partial charge on any atom is -0.388 e. The van der Waals surface area contributed by atoms with Crippen LogP contribution in [-0.4, -0.2) is 25.6 Å². The zero-order valence-electron chi connectivity index (χ0n) is 13.2. The molecule has 0 aliphatic carbocycles. The topological polar surface area (TPSA) is 50.9 Å². The van der Waals surface area contributed by atoms with Gasteiger partial charge in [-0.05, 0) is 42.0 Å². The lowest BCUT2D eigenvalue weighted by atomic mass is 10.1. The Balaban J connectivity index is 1.49. The lowest BCUT2D eigenvalue weighted by Gasteiger charge is -2.10. The number of benzene rings is 1. The second-order valence-electron chi connectivity index (χ2n) is 5.40. The molecule has 0 aliphatic rings. The summed E-state index contributed by atoms with van der Waals surface area (Å²) in [6.07, 6.45) is 0.908. The molecule has 0 spiro atoms. The molecule has 7 heteroatoms. The predicted octanol–water partition coefficient (Wildman–Crippen LogP) is 4.29. The number of hydrogen-bond donors (Lipinski definition) is 1. The molecule has 2 heterocycles. The molecule has 24 heavy (non-hydrogen) atoms. The summed E-state index contributed by atoms with van der Waals surface area (Å²) in [5, 5.41) is 21.5. The van der Waals surface area contributed by atoms with Gasteiger partial charge in [0.1, 0.15) is 5.82 Å². The van der Waals surface area contributed by atoms with Crippen LogP contribution in [0.4, 0.5) is 4.39 Å². The van der Waals surface area contributed by atoms with E-state index in [1.807, 2.05) is 29.1 Å². The number of rotatable bonds is 7. The van der Waals surface area contributed by atoms with Gasteiger partial charge in [-0.1, -0.05) is 30.0 Å². The van der Waals surface area contributed by atoms with Gasteiger partial charge >= 0.3 is 0 Å². The molecular weight excluding hydrogens is 345 g/mol. The molecule has 0 bridgehead atoms. The molecule has 3 aromatic rings. The Morgan fingerprint density at radius 1 is 1.25 bits per heavy atom.